The van der Waals surface area contributed by atoms with Crippen LogP contribution in [0.2, 0.25) is 10.0 Å². The molecule has 6 heteroatoms. The summed E-state index contributed by atoms with van der Waals surface area (Å²) in [6.45, 7) is 4.09. The monoisotopic (exact) mass is 298 g/mol. The Balaban J connectivity index is 2.15. The fourth-order valence-electron chi connectivity index (χ4n) is 2.08. The summed E-state index contributed by atoms with van der Waals surface area (Å²) in [6, 6.07) is 5.78. The van der Waals surface area contributed by atoms with Crippen LogP contribution in [-0.2, 0) is 7.05 Å². The standard InChI is InChI=1S/C13H16Cl2N4/c1-8(10-5-4-6-11(14)12(10)15)17-9(2)13-18-16-7-19(13)3/h4-9,17H,1-3H3. The highest BCUT2D eigenvalue weighted by Gasteiger charge is 2.17. The zero-order valence-corrected chi connectivity index (χ0v) is 12.6. The molecule has 2 atom stereocenters. The zero-order valence-electron chi connectivity index (χ0n) is 11.1. The third-order valence-electron chi connectivity index (χ3n) is 3.08. The van der Waals surface area contributed by atoms with Gasteiger partial charge in [0.05, 0.1) is 16.1 Å². The van der Waals surface area contributed by atoms with E-state index in [1.54, 1.807) is 12.4 Å². The molecule has 0 aliphatic carbocycles. The van der Waals surface area contributed by atoms with Crippen molar-refractivity contribution in [3.05, 3.63) is 46.0 Å². The number of aryl methyl sites for hydroxylation is 1. The quantitative estimate of drug-likeness (QED) is 0.939. The van der Waals surface area contributed by atoms with Crippen LogP contribution >= 0.6 is 23.2 Å². The van der Waals surface area contributed by atoms with Gasteiger partial charge in [-0.15, -0.1) is 10.2 Å². The van der Waals surface area contributed by atoms with Gasteiger partial charge in [0, 0.05) is 13.1 Å². The molecule has 2 unspecified atom stereocenters. The molecular weight excluding hydrogens is 283 g/mol. The Hall–Kier alpha value is -1.10. The summed E-state index contributed by atoms with van der Waals surface area (Å²) in [4.78, 5) is 0. The Morgan fingerprint density at radius 1 is 1.21 bits per heavy atom. The lowest BCUT2D eigenvalue weighted by Crippen LogP contribution is -2.25. The van der Waals surface area contributed by atoms with Crippen LogP contribution in [0, 0.1) is 0 Å². The Labute approximate surface area is 122 Å². The molecule has 0 bridgehead atoms. The third kappa shape index (κ3) is 3.08. The molecule has 0 fully saturated rings. The topological polar surface area (TPSA) is 42.7 Å². The number of nitrogens with one attached hydrogen (secondary N) is 1. The van der Waals surface area contributed by atoms with E-state index in [1.807, 2.05) is 37.6 Å². The SMILES string of the molecule is CC(NC(C)c1nncn1C)c1cccc(Cl)c1Cl. The van der Waals surface area contributed by atoms with Crippen molar-refractivity contribution >= 4 is 23.2 Å². The average molecular weight is 299 g/mol. The van der Waals surface area contributed by atoms with Gasteiger partial charge < -0.3 is 9.88 Å². The number of hydrogen-bond acceptors (Lipinski definition) is 3. The molecule has 2 aromatic rings. The van der Waals surface area contributed by atoms with Crippen LogP contribution in [0.5, 0.6) is 0 Å². The van der Waals surface area contributed by atoms with Crippen LogP contribution in [0.15, 0.2) is 24.5 Å². The summed E-state index contributed by atoms with van der Waals surface area (Å²) in [5, 5.41) is 12.6. The van der Waals surface area contributed by atoms with Crippen molar-refractivity contribution in [3.8, 4) is 0 Å². The fourth-order valence-corrected chi connectivity index (χ4v) is 2.55. The highest BCUT2D eigenvalue weighted by Crippen LogP contribution is 2.30. The van der Waals surface area contributed by atoms with E-state index in [0.717, 1.165) is 11.4 Å². The van der Waals surface area contributed by atoms with Crippen molar-refractivity contribution in [1.29, 1.82) is 0 Å². The summed E-state index contributed by atoms with van der Waals surface area (Å²) in [5.41, 5.74) is 0.975. The first-order valence-electron chi connectivity index (χ1n) is 6.04. The first-order valence-corrected chi connectivity index (χ1v) is 6.80. The number of benzene rings is 1. The van der Waals surface area contributed by atoms with Gasteiger partial charge >= 0.3 is 0 Å². The maximum Gasteiger partial charge on any atom is 0.149 e. The number of aromatic nitrogens is 3. The van der Waals surface area contributed by atoms with Crippen molar-refractivity contribution in [2.75, 3.05) is 0 Å². The summed E-state index contributed by atoms with van der Waals surface area (Å²) < 4.78 is 1.89. The van der Waals surface area contributed by atoms with E-state index >= 15 is 0 Å². The van der Waals surface area contributed by atoms with E-state index in [1.165, 1.54) is 0 Å². The fraction of sp³-hybridized carbons (Fsp3) is 0.385. The Morgan fingerprint density at radius 2 is 1.95 bits per heavy atom. The molecular formula is C13H16Cl2N4. The van der Waals surface area contributed by atoms with E-state index < -0.39 is 0 Å². The van der Waals surface area contributed by atoms with E-state index in [0.29, 0.717) is 10.0 Å². The van der Waals surface area contributed by atoms with Crippen LogP contribution in [-0.4, -0.2) is 14.8 Å². The molecule has 0 aliphatic heterocycles. The average Bonchev–Trinajstić information content (AvgIpc) is 2.79. The van der Waals surface area contributed by atoms with Crippen LogP contribution in [0.4, 0.5) is 0 Å². The lowest BCUT2D eigenvalue weighted by Gasteiger charge is -2.20. The molecule has 1 aromatic carbocycles. The molecule has 0 saturated carbocycles. The van der Waals surface area contributed by atoms with Crippen molar-refractivity contribution in [1.82, 2.24) is 20.1 Å². The second-order valence-electron chi connectivity index (χ2n) is 4.55. The predicted octanol–water partition coefficient (Wildman–Crippen LogP) is 3.53. The maximum absolute atomic E-state index is 6.22. The largest absolute Gasteiger partial charge is 0.319 e. The van der Waals surface area contributed by atoms with E-state index in [2.05, 4.69) is 15.5 Å². The second kappa shape index (κ2) is 5.90. The molecule has 0 amide bonds. The van der Waals surface area contributed by atoms with Gasteiger partial charge in [0.1, 0.15) is 12.2 Å². The van der Waals surface area contributed by atoms with Crippen molar-refractivity contribution in [2.24, 2.45) is 7.05 Å². The van der Waals surface area contributed by atoms with E-state index in [4.69, 9.17) is 23.2 Å². The van der Waals surface area contributed by atoms with Crippen molar-refractivity contribution < 1.29 is 0 Å². The summed E-state index contributed by atoms with van der Waals surface area (Å²) in [7, 11) is 1.92. The van der Waals surface area contributed by atoms with Gasteiger partial charge in [0.2, 0.25) is 0 Å². The van der Waals surface area contributed by atoms with E-state index in [9.17, 15) is 0 Å². The number of hydrogen-bond donors (Lipinski definition) is 1. The molecule has 1 heterocycles. The van der Waals surface area contributed by atoms with Gasteiger partial charge in [-0.2, -0.15) is 0 Å². The molecule has 1 N–H and O–H groups in total. The van der Waals surface area contributed by atoms with Crippen LogP contribution in [0.3, 0.4) is 0 Å². The lowest BCUT2D eigenvalue weighted by atomic mass is 10.1. The van der Waals surface area contributed by atoms with Gasteiger partial charge in [-0.1, -0.05) is 35.3 Å². The smallest absolute Gasteiger partial charge is 0.149 e. The molecule has 0 aliphatic rings. The molecule has 102 valence electrons. The molecule has 0 spiro atoms. The number of halogens is 2. The summed E-state index contributed by atoms with van der Waals surface area (Å²) in [5.74, 6) is 0.880. The normalized spacial score (nSPS) is 14.4. The zero-order chi connectivity index (χ0) is 14.0. The minimum atomic E-state index is 0.0672. The Morgan fingerprint density at radius 3 is 2.58 bits per heavy atom. The minimum Gasteiger partial charge on any atom is -0.319 e. The first-order chi connectivity index (χ1) is 9.00. The third-order valence-corrected chi connectivity index (χ3v) is 3.92. The summed E-state index contributed by atoms with van der Waals surface area (Å²) >= 11 is 12.3. The molecule has 0 radical (unpaired) electrons. The number of nitrogens with zero attached hydrogens (tertiary/aromatic N) is 3. The van der Waals surface area contributed by atoms with Gasteiger partial charge in [-0.25, -0.2) is 0 Å². The molecule has 19 heavy (non-hydrogen) atoms. The molecule has 2 rings (SSSR count). The highest BCUT2D eigenvalue weighted by atomic mass is 35.5. The van der Waals surface area contributed by atoms with Gasteiger partial charge in [-0.05, 0) is 25.5 Å². The van der Waals surface area contributed by atoms with Crippen molar-refractivity contribution in [3.63, 3.8) is 0 Å². The minimum absolute atomic E-state index is 0.0672. The summed E-state index contributed by atoms with van der Waals surface area (Å²) in [6.07, 6.45) is 1.69. The lowest BCUT2D eigenvalue weighted by molar-refractivity contribution is 0.466. The maximum atomic E-state index is 6.22. The predicted molar refractivity (Wildman–Crippen MR) is 77.4 cm³/mol. The first kappa shape index (κ1) is 14.3. The highest BCUT2D eigenvalue weighted by molar-refractivity contribution is 6.42. The van der Waals surface area contributed by atoms with Crippen molar-refractivity contribution in [2.45, 2.75) is 25.9 Å². The number of rotatable bonds is 4. The Bertz CT molecular complexity index is 568. The van der Waals surface area contributed by atoms with Crippen LogP contribution in [0.25, 0.3) is 0 Å². The second-order valence-corrected chi connectivity index (χ2v) is 5.34. The molecule has 4 nitrogen and oxygen atoms in total. The van der Waals surface area contributed by atoms with E-state index in [-0.39, 0.29) is 12.1 Å². The van der Waals surface area contributed by atoms with Crippen LogP contribution in [0.1, 0.15) is 37.3 Å². The Kier molecular flexibility index (Phi) is 4.45. The molecule has 1 aromatic heterocycles. The molecule has 0 saturated heterocycles. The van der Waals surface area contributed by atoms with Gasteiger partial charge in [-0.3, -0.25) is 0 Å². The van der Waals surface area contributed by atoms with Gasteiger partial charge in [0.25, 0.3) is 0 Å². The van der Waals surface area contributed by atoms with Crippen LogP contribution < -0.4 is 5.32 Å². The van der Waals surface area contributed by atoms with Gasteiger partial charge in [0.15, 0.2) is 0 Å².